The van der Waals surface area contributed by atoms with E-state index in [2.05, 4.69) is 40.8 Å². The molecule has 2 aromatic heterocycles. The molecular weight excluding hydrogens is 326 g/mol. The zero-order valence-electron chi connectivity index (χ0n) is 13.2. The first-order valence-electron chi connectivity index (χ1n) is 7.95. The molecule has 0 saturated heterocycles. The Balaban J connectivity index is 1.44. The highest BCUT2D eigenvalue weighted by atomic mass is 32.1. The summed E-state index contributed by atoms with van der Waals surface area (Å²) in [5.74, 6) is 0. The van der Waals surface area contributed by atoms with Crippen LogP contribution >= 0.6 is 22.7 Å². The van der Waals surface area contributed by atoms with Crippen LogP contribution in [0.1, 0.15) is 28.1 Å². The Morgan fingerprint density at radius 3 is 3.04 bits per heavy atom. The summed E-state index contributed by atoms with van der Waals surface area (Å²) in [5, 5.41) is 6.20. The summed E-state index contributed by atoms with van der Waals surface area (Å²) >= 11 is 3.50. The molecule has 2 aromatic rings. The number of amides is 2. The van der Waals surface area contributed by atoms with Gasteiger partial charge in [0, 0.05) is 42.0 Å². The summed E-state index contributed by atoms with van der Waals surface area (Å²) < 4.78 is 0. The Bertz CT molecular complexity index is 676. The molecule has 4 nitrogen and oxygen atoms in total. The topological polar surface area (TPSA) is 45.2 Å². The summed E-state index contributed by atoms with van der Waals surface area (Å²) in [5.41, 5.74) is 1.36. The minimum Gasteiger partial charge on any atom is -0.338 e. The van der Waals surface area contributed by atoms with Crippen molar-refractivity contribution in [1.29, 1.82) is 0 Å². The number of aromatic nitrogens is 1. The summed E-state index contributed by atoms with van der Waals surface area (Å²) in [6.45, 7) is 4.25. The molecule has 0 unspecified atom stereocenters. The van der Waals surface area contributed by atoms with Gasteiger partial charge in [-0.05, 0) is 29.9 Å². The first-order valence-corrected chi connectivity index (χ1v) is 9.65. The number of thiazole rings is 1. The smallest absolute Gasteiger partial charge is 0.317 e. The van der Waals surface area contributed by atoms with Crippen molar-refractivity contribution >= 4 is 34.3 Å². The molecule has 1 aliphatic heterocycles. The fraction of sp³-hybridized carbons (Fsp3) is 0.412. The number of nitrogens with zero attached hydrogens (tertiary/aromatic N) is 2. The van der Waals surface area contributed by atoms with Crippen molar-refractivity contribution in [2.24, 2.45) is 0 Å². The molecule has 0 atom stereocenters. The Hall–Kier alpha value is -1.66. The third-order valence-corrected chi connectivity index (χ3v) is 6.05. The quantitative estimate of drug-likeness (QED) is 0.894. The van der Waals surface area contributed by atoms with E-state index in [1.54, 1.807) is 22.7 Å². The van der Waals surface area contributed by atoms with Gasteiger partial charge >= 0.3 is 6.03 Å². The van der Waals surface area contributed by atoms with E-state index in [9.17, 15) is 4.79 Å². The second kappa shape index (κ2) is 7.75. The van der Waals surface area contributed by atoms with Crippen molar-refractivity contribution < 1.29 is 4.79 Å². The molecule has 0 bridgehead atoms. The number of thiophene rings is 1. The lowest BCUT2D eigenvalue weighted by molar-refractivity contribution is 0.203. The van der Waals surface area contributed by atoms with Crippen LogP contribution in [0.2, 0.25) is 0 Å². The zero-order chi connectivity index (χ0) is 16.1. The third-order valence-electron chi connectivity index (χ3n) is 3.90. The van der Waals surface area contributed by atoms with Gasteiger partial charge in [0.15, 0.2) is 0 Å². The Morgan fingerprint density at radius 2 is 2.39 bits per heavy atom. The lowest BCUT2D eigenvalue weighted by Gasteiger charge is -2.26. The second-order valence-corrected chi connectivity index (χ2v) is 7.61. The largest absolute Gasteiger partial charge is 0.338 e. The highest BCUT2D eigenvalue weighted by Crippen LogP contribution is 2.25. The minimum atomic E-state index is 0.0266. The predicted octanol–water partition coefficient (Wildman–Crippen LogP) is 3.81. The Morgan fingerprint density at radius 1 is 1.48 bits per heavy atom. The molecule has 0 aromatic carbocycles. The number of hydrogen-bond acceptors (Lipinski definition) is 4. The predicted molar refractivity (Wildman–Crippen MR) is 97.1 cm³/mol. The van der Waals surface area contributed by atoms with Gasteiger partial charge in [0.2, 0.25) is 0 Å². The van der Waals surface area contributed by atoms with E-state index >= 15 is 0 Å². The van der Waals surface area contributed by atoms with Gasteiger partial charge < -0.3 is 10.2 Å². The summed E-state index contributed by atoms with van der Waals surface area (Å²) in [7, 11) is 0. The molecule has 2 amide bonds. The molecule has 6 heteroatoms. The molecule has 23 heavy (non-hydrogen) atoms. The monoisotopic (exact) mass is 347 g/mol. The number of carbonyl (C=O) groups is 1. The van der Waals surface area contributed by atoms with E-state index in [1.165, 1.54) is 15.3 Å². The van der Waals surface area contributed by atoms with Crippen LogP contribution in [0.25, 0.3) is 5.57 Å². The van der Waals surface area contributed by atoms with Crippen LogP contribution in [0.5, 0.6) is 0 Å². The minimum absolute atomic E-state index is 0.0266. The third kappa shape index (κ3) is 4.20. The Labute approximate surface area is 144 Å². The van der Waals surface area contributed by atoms with Crippen LogP contribution in [0, 0.1) is 0 Å². The average Bonchev–Trinajstić information content (AvgIpc) is 3.26. The number of aryl methyl sites for hydroxylation is 1. The number of nitrogens with one attached hydrogen (secondary N) is 1. The maximum Gasteiger partial charge on any atom is 0.317 e. The van der Waals surface area contributed by atoms with Gasteiger partial charge in [-0.15, -0.1) is 22.7 Å². The van der Waals surface area contributed by atoms with Crippen LogP contribution in [0.3, 0.4) is 0 Å². The van der Waals surface area contributed by atoms with Crippen molar-refractivity contribution in [1.82, 2.24) is 15.2 Å². The zero-order valence-corrected chi connectivity index (χ0v) is 14.9. The lowest BCUT2D eigenvalue weighted by Crippen LogP contribution is -2.42. The molecule has 0 spiro atoms. The molecule has 122 valence electrons. The highest BCUT2D eigenvalue weighted by molar-refractivity contribution is 7.11. The standard InChI is InChI=1S/C17H21N3OS2/c1-2-14-12-19-16(23-14)5-8-18-17(21)20-9-6-13(7-10-20)15-4-3-11-22-15/h3-4,6,11-12H,2,5,7-10H2,1H3,(H,18,21). The lowest BCUT2D eigenvalue weighted by atomic mass is 10.1. The Kier molecular flexibility index (Phi) is 5.46. The summed E-state index contributed by atoms with van der Waals surface area (Å²) in [6, 6.07) is 4.24. The van der Waals surface area contributed by atoms with Gasteiger partial charge in [-0.1, -0.05) is 19.1 Å². The number of urea groups is 1. The fourth-order valence-electron chi connectivity index (χ4n) is 2.55. The molecule has 3 rings (SSSR count). The van der Waals surface area contributed by atoms with E-state index in [1.807, 2.05) is 11.1 Å². The van der Waals surface area contributed by atoms with Gasteiger partial charge in [0.05, 0.1) is 5.01 Å². The average molecular weight is 348 g/mol. The molecule has 3 heterocycles. The molecule has 0 aliphatic carbocycles. The normalized spacial score (nSPS) is 14.7. The highest BCUT2D eigenvalue weighted by Gasteiger charge is 2.17. The molecule has 0 radical (unpaired) electrons. The van der Waals surface area contributed by atoms with Crippen molar-refractivity contribution in [2.75, 3.05) is 19.6 Å². The molecular formula is C17H21N3OS2. The van der Waals surface area contributed by atoms with Crippen molar-refractivity contribution in [3.8, 4) is 0 Å². The van der Waals surface area contributed by atoms with Gasteiger partial charge in [0.1, 0.15) is 0 Å². The van der Waals surface area contributed by atoms with E-state index in [4.69, 9.17) is 0 Å². The van der Waals surface area contributed by atoms with Crippen molar-refractivity contribution in [3.63, 3.8) is 0 Å². The number of carbonyl (C=O) groups excluding carboxylic acids is 1. The van der Waals surface area contributed by atoms with Crippen molar-refractivity contribution in [3.05, 3.63) is 44.5 Å². The van der Waals surface area contributed by atoms with Gasteiger partial charge in [0.25, 0.3) is 0 Å². The molecule has 0 fully saturated rings. The van der Waals surface area contributed by atoms with Crippen LogP contribution in [-0.4, -0.2) is 35.5 Å². The van der Waals surface area contributed by atoms with Crippen LogP contribution in [-0.2, 0) is 12.8 Å². The maximum atomic E-state index is 12.2. The molecule has 0 saturated carbocycles. The number of rotatable bonds is 5. The molecule has 1 aliphatic rings. The second-order valence-electron chi connectivity index (χ2n) is 5.46. The fourth-order valence-corrected chi connectivity index (χ4v) is 4.21. The van der Waals surface area contributed by atoms with Crippen LogP contribution in [0.15, 0.2) is 29.8 Å². The van der Waals surface area contributed by atoms with Gasteiger partial charge in [-0.2, -0.15) is 0 Å². The van der Waals surface area contributed by atoms with Gasteiger partial charge in [-0.3, -0.25) is 0 Å². The van der Waals surface area contributed by atoms with E-state index in [-0.39, 0.29) is 6.03 Å². The van der Waals surface area contributed by atoms with E-state index in [0.29, 0.717) is 13.1 Å². The number of hydrogen-bond donors (Lipinski definition) is 1. The van der Waals surface area contributed by atoms with Gasteiger partial charge in [-0.25, -0.2) is 9.78 Å². The molecule has 1 N–H and O–H groups in total. The van der Waals surface area contributed by atoms with Crippen molar-refractivity contribution in [2.45, 2.75) is 26.2 Å². The summed E-state index contributed by atoms with van der Waals surface area (Å²) in [4.78, 5) is 21.1. The first kappa shape index (κ1) is 16.2. The first-order chi connectivity index (χ1) is 11.3. The van der Waals surface area contributed by atoms with E-state index < -0.39 is 0 Å². The van der Waals surface area contributed by atoms with Crippen LogP contribution < -0.4 is 5.32 Å². The maximum absolute atomic E-state index is 12.2. The van der Waals surface area contributed by atoms with Crippen LogP contribution in [0.4, 0.5) is 4.79 Å². The SMILES string of the molecule is CCc1cnc(CCNC(=O)N2CC=C(c3cccs3)CC2)s1. The van der Waals surface area contributed by atoms with E-state index in [0.717, 1.165) is 30.8 Å². The summed E-state index contributed by atoms with van der Waals surface area (Å²) in [6.07, 6.45) is 6.87.